The molecular weight excluding hydrogens is 462 g/mol. The summed E-state index contributed by atoms with van der Waals surface area (Å²) < 4.78 is 22.4. The average molecular weight is 490 g/mol. The second kappa shape index (κ2) is 9.96. The number of methoxy groups -OCH3 is 1. The molecule has 4 rings (SSSR count). The predicted octanol–water partition coefficient (Wildman–Crippen LogP) is -1.85. The number of fused-ring (bicyclic) bond motifs is 1. The van der Waals surface area contributed by atoms with Gasteiger partial charge < -0.3 is 44.4 Å². The van der Waals surface area contributed by atoms with Crippen LogP contribution in [0.15, 0.2) is 36.6 Å². The maximum Gasteiger partial charge on any atom is 0.333 e. The highest BCUT2D eigenvalue weighted by atomic mass is 16.7. The molecular formula is C24H28NO10-. The van der Waals surface area contributed by atoms with Crippen LogP contribution in [-0.2, 0) is 28.5 Å². The molecule has 1 aromatic rings. The van der Waals surface area contributed by atoms with Gasteiger partial charge in [0.1, 0.15) is 18.3 Å². The first-order chi connectivity index (χ1) is 16.7. The number of carboxylic acid groups (broad SMARTS) is 1. The molecule has 11 heteroatoms. The van der Waals surface area contributed by atoms with Crippen LogP contribution in [0.1, 0.15) is 12.8 Å². The summed E-state index contributed by atoms with van der Waals surface area (Å²) in [5.74, 6) is -3.18. The van der Waals surface area contributed by atoms with E-state index in [2.05, 4.69) is 11.6 Å². The van der Waals surface area contributed by atoms with Crippen molar-refractivity contribution in [2.45, 2.75) is 49.1 Å². The summed E-state index contributed by atoms with van der Waals surface area (Å²) in [5.41, 5.74) is -1.37. The summed E-state index contributed by atoms with van der Waals surface area (Å²) in [4.78, 5) is 27.8. The Labute approximate surface area is 200 Å². The predicted molar refractivity (Wildman–Crippen MR) is 119 cm³/mol. The molecule has 1 fully saturated rings. The zero-order valence-electron chi connectivity index (χ0n) is 19.0. The number of rotatable bonds is 7. The molecule has 0 unspecified atom stereocenters. The molecule has 1 aromatic heterocycles. The second-order valence-electron chi connectivity index (χ2n) is 8.71. The molecule has 8 atom stereocenters. The Morgan fingerprint density at radius 3 is 2.80 bits per heavy atom. The summed E-state index contributed by atoms with van der Waals surface area (Å²) in [6.07, 6.45) is 0.944. The van der Waals surface area contributed by atoms with E-state index < -0.39 is 66.7 Å². The van der Waals surface area contributed by atoms with Gasteiger partial charge in [-0.3, -0.25) is 4.79 Å². The Bertz CT molecular complexity index is 1120. The van der Waals surface area contributed by atoms with Crippen LogP contribution in [0.3, 0.4) is 0 Å². The number of hydrogen-bond donors (Lipinski definition) is 4. The SMILES string of the molecule is C=C[C@@H]1[C@H](CC(=O)O)C(C(=O)OC)=CC[C@H]1O[C@@H]1O[C@H](CO)[C@]2(C=c3cc[n-]c3=CO2)[C@H](O)[C@H]1O. The van der Waals surface area contributed by atoms with E-state index in [1.54, 1.807) is 18.3 Å². The van der Waals surface area contributed by atoms with Crippen LogP contribution in [0.5, 0.6) is 0 Å². The first-order valence-electron chi connectivity index (χ1n) is 11.1. The number of carboxylic acids is 1. The van der Waals surface area contributed by atoms with E-state index in [-0.39, 0.29) is 18.4 Å². The van der Waals surface area contributed by atoms with E-state index in [1.165, 1.54) is 25.5 Å². The van der Waals surface area contributed by atoms with Crippen LogP contribution in [-0.4, -0.2) is 82.4 Å². The third kappa shape index (κ3) is 4.41. The number of aliphatic hydroxyl groups excluding tert-OH is 3. The number of aliphatic carboxylic acids is 1. The molecule has 1 aliphatic carbocycles. The first kappa shape index (κ1) is 25.1. The summed E-state index contributed by atoms with van der Waals surface area (Å²) in [6, 6.07) is 1.71. The van der Waals surface area contributed by atoms with Gasteiger partial charge in [-0.25, -0.2) is 4.79 Å². The first-order valence-corrected chi connectivity index (χ1v) is 11.1. The lowest BCUT2D eigenvalue weighted by Gasteiger charge is -2.50. The molecule has 4 N–H and O–H groups in total. The largest absolute Gasteiger partial charge is 0.661 e. The fourth-order valence-electron chi connectivity index (χ4n) is 5.03. The number of aromatic nitrogens is 1. The van der Waals surface area contributed by atoms with E-state index >= 15 is 0 Å². The highest BCUT2D eigenvalue weighted by Gasteiger charge is 2.57. The number of esters is 1. The third-order valence-electron chi connectivity index (χ3n) is 6.81. The quantitative estimate of drug-likeness (QED) is 0.250. The van der Waals surface area contributed by atoms with E-state index in [0.717, 1.165) is 0 Å². The van der Waals surface area contributed by atoms with E-state index in [9.17, 15) is 30.0 Å². The Morgan fingerprint density at radius 1 is 1.37 bits per heavy atom. The van der Waals surface area contributed by atoms with E-state index in [0.29, 0.717) is 10.6 Å². The average Bonchev–Trinajstić information content (AvgIpc) is 3.31. The standard InChI is InChI=1S/C24H28NO10/c1-3-13-15(8-19(27)28)14(22(31)32-2)4-5-17(13)34-23-20(29)21(30)24(18(10-26)35-23)9-12-6-7-25-16(12)11-33-24/h3-4,6-7,9,11,13,15,17-18,20-21,23,26,29-30H,1,5,8,10H2,2H3,(H,27,28)/q-1/t13-,15+,17-,18-,20-,21-,23-,24-/m1/s1. The molecule has 3 heterocycles. The Hall–Kier alpha value is -2.96. The molecule has 2 aliphatic heterocycles. The van der Waals surface area contributed by atoms with Gasteiger partial charge in [-0.05, 0) is 17.7 Å². The Kier molecular flexibility index (Phi) is 7.15. The molecule has 0 radical (unpaired) electrons. The van der Waals surface area contributed by atoms with Gasteiger partial charge in [0.15, 0.2) is 11.9 Å². The van der Waals surface area contributed by atoms with Crippen molar-refractivity contribution in [3.05, 3.63) is 47.1 Å². The molecule has 11 nitrogen and oxygen atoms in total. The van der Waals surface area contributed by atoms with Crippen molar-refractivity contribution in [2.75, 3.05) is 13.7 Å². The van der Waals surface area contributed by atoms with Crippen molar-refractivity contribution in [3.8, 4) is 0 Å². The zero-order valence-corrected chi connectivity index (χ0v) is 19.0. The maximum absolute atomic E-state index is 12.2. The Morgan fingerprint density at radius 2 is 2.14 bits per heavy atom. The molecule has 1 saturated heterocycles. The highest BCUT2D eigenvalue weighted by Crippen LogP contribution is 2.40. The number of aliphatic hydroxyl groups is 3. The normalized spacial score (nSPS) is 36.1. The van der Waals surface area contributed by atoms with Crippen LogP contribution in [0.25, 0.3) is 12.3 Å². The molecule has 0 bridgehead atoms. The van der Waals surface area contributed by atoms with Crippen LogP contribution in [0.4, 0.5) is 0 Å². The van der Waals surface area contributed by atoms with Gasteiger partial charge in [0, 0.05) is 17.4 Å². The molecule has 35 heavy (non-hydrogen) atoms. The van der Waals surface area contributed by atoms with Crippen molar-refractivity contribution in [1.82, 2.24) is 4.98 Å². The smallest absolute Gasteiger partial charge is 0.333 e. The highest BCUT2D eigenvalue weighted by molar-refractivity contribution is 5.90. The molecule has 1 spiro atoms. The minimum atomic E-state index is -1.58. The van der Waals surface area contributed by atoms with Gasteiger partial charge in [-0.1, -0.05) is 23.6 Å². The number of ether oxygens (including phenoxy) is 4. The topological polar surface area (TPSA) is 166 Å². The molecule has 0 amide bonds. The minimum Gasteiger partial charge on any atom is -0.661 e. The van der Waals surface area contributed by atoms with Crippen LogP contribution in [0.2, 0.25) is 0 Å². The second-order valence-corrected chi connectivity index (χ2v) is 8.71. The van der Waals surface area contributed by atoms with Crippen molar-refractivity contribution in [3.63, 3.8) is 0 Å². The number of carbonyl (C=O) groups is 2. The van der Waals surface area contributed by atoms with Gasteiger partial charge in [-0.2, -0.15) is 6.20 Å². The summed E-state index contributed by atoms with van der Waals surface area (Å²) >= 11 is 0. The fraction of sp³-hybridized carbons (Fsp3) is 0.500. The molecule has 0 aromatic carbocycles. The van der Waals surface area contributed by atoms with Crippen molar-refractivity contribution in [2.24, 2.45) is 11.8 Å². The van der Waals surface area contributed by atoms with E-state index in [4.69, 9.17) is 18.9 Å². The summed E-state index contributed by atoms with van der Waals surface area (Å²) in [6.45, 7) is 3.22. The number of carbonyl (C=O) groups excluding carboxylic acids is 1. The number of hydrogen-bond acceptors (Lipinski definition) is 9. The van der Waals surface area contributed by atoms with Gasteiger partial charge in [-0.15, -0.1) is 6.58 Å². The third-order valence-corrected chi connectivity index (χ3v) is 6.81. The minimum absolute atomic E-state index is 0.174. The Balaban J connectivity index is 1.59. The van der Waals surface area contributed by atoms with Crippen LogP contribution in [0, 0.1) is 11.8 Å². The van der Waals surface area contributed by atoms with Crippen molar-refractivity contribution < 1.29 is 49.0 Å². The summed E-state index contributed by atoms with van der Waals surface area (Å²) in [5, 5.41) is 42.6. The van der Waals surface area contributed by atoms with Crippen LogP contribution >= 0.6 is 0 Å². The lowest BCUT2D eigenvalue weighted by atomic mass is 9.74. The molecule has 0 saturated carbocycles. The molecule has 3 aliphatic rings. The zero-order chi connectivity index (χ0) is 25.3. The monoisotopic (exact) mass is 490 g/mol. The van der Waals surface area contributed by atoms with Gasteiger partial charge in [0.2, 0.25) is 0 Å². The van der Waals surface area contributed by atoms with E-state index in [1.807, 2.05) is 0 Å². The van der Waals surface area contributed by atoms with Crippen molar-refractivity contribution >= 4 is 24.3 Å². The lowest BCUT2D eigenvalue weighted by Crippen LogP contribution is -2.68. The maximum atomic E-state index is 12.2. The fourth-order valence-corrected chi connectivity index (χ4v) is 5.03. The van der Waals surface area contributed by atoms with Crippen molar-refractivity contribution in [1.29, 1.82) is 0 Å². The summed E-state index contributed by atoms with van der Waals surface area (Å²) in [7, 11) is 1.21. The lowest BCUT2D eigenvalue weighted by molar-refractivity contribution is -0.326. The van der Waals surface area contributed by atoms with Crippen LogP contribution < -0.4 is 15.6 Å². The van der Waals surface area contributed by atoms with Gasteiger partial charge in [0.05, 0.1) is 32.5 Å². The van der Waals surface area contributed by atoms with Gasteiger partial charge in [0.25, 0.3) is 0 Å². The van der Waals surface area contributed by atoms with Gasteiger partial charge >= 0.3 is 11.9 Å². The molecule has 190 valence electrons. The number of nitrogens with zero attached hydrogens (tertiary/aromatic N) is 1.